The zero-order chi connectivity index (χ0) is 12.3. The molecule has 0 aliphatic rings. The molecule has 90 valence electrons. The van der Waals surface area contributed by atoms with E-state index in [1.807, 2.05) is 12.1 Å². The van der Waals surface area contributed by atoms with E-state index in [0.29, 0.717) is 0 Å². The molecule has 0 aliphatic carbocycles. The first-order chi connectivity index (χ1) is 8.16. The van der Waals surface area contributed by atoms with Crippen LogP contribution in [0.1, 0.15) is 29.0 Å². The molecule has 0 amide bonds. The van der Waals surface area contributed by atoms with Crippen molar-refractivity contribution in [2.24, 2.45) is 0 Å². The van der Waals surface area contributed by atoms with E-state index >= 15 is 0 Å². The molecule has 0 radical (unpaired) electrons. The highest BCUT2D eigenvalue weighted by atomic mass is 32.1. The Morgan fingerprint density at radius 1 is 1.24 bits per heavy atom. The number of hydrogen-bond acceptors (Lipinski definition) is 2. The van der Waals surface area contributed by atoms with Crippen LogP contribution in [0.15, 0.2) is 35.7 Å². The fraction of sp³-hybridized carbons (Fsp3) is 0.286. The highest BCUT2D eigenvalue weighted by Crippen LogP contribution is 2.18. The lowest BCUT2D eigenvalue weighted by Crippen LogP contribution is -2.17. The second kappa shape index (κ2) is 5.43. The molecule has 2 aromatic rings. The summed E-state index contributed by atoms with van der Waals surface area (Å²) in [6.07, 6.45) is 0. The first kappa shape index (κ1) is 12.3. The van der Waals surface area contributed by atoms with Gasteiger partial charge in [0.05, 0.1) is 0 Å². The normalized spacial score (nSPS) is 12.6. The molecule has 0 saturated heterocycles. The zero-order valence-electron chi connectivity index (χ0n) is 10.0. The van der Waals surface area contributed by atoms with Gasteiger partial charge in [0.1, 0.15) is 5.82 Å². The second-order valence-electron chi connectivity index (χ2n) is 4.18. The molecular weight excluding hydrogens is 233 g/mol. The average molecular weight is 249 g/mol. The van der Waals surface area contributed by atoms with Gasteiger partial charge in [0, 0.05) is 17.5 Å². The van der Waals surface area contributed by atoms with Crippen molar-refractivity contribution in [3.05, 3.63) is 57.5 Å². The van der Waals surface area contributed by atoms with Crippen LogP contribution in [0.3, 0.4) is 0 Å². The summed E-state index contributed by atoms with van der Waals surface area (Å²) in [6.45, 7) is 5.08. The van der Waals surface area contributed by atoms with E-state index in [9.17, 15) is 4.39 Å². The summed E-state index contributed by atoms with van der Waals surface area (Å²) in [7, 11) is 0. The summed E-state index contributed by atoms with van der Waals surface area (Å²) in [5, 5.41) is 5.56. The van der Waals surface area contributed by atoms with Crippen molar-refractivity contribution in [1.29, 1.82) is 0 Å². The lowest BCUT2D eigenvalue weighted by molar-refractivity contribution is 0.574. The van der Waals surface area contributed by atoms with E-state index in [-0.39, 0.29) is 11.9 Å². The van der Waals surface area contributed by atoms with Crippen LogP contribution >= 0.6 is 11.3 Å². The van der Waals surface area contributed by atoms with Crippen LogP contribution in [-0.2, 0) is 6.54 Å². The van der Waals surface area contributed by atoms with Crippen LogP contribution in [0, 0.1) is 12.7 Å². The standard InChI is InChI=1S/C14H16FNS/c1-10-7-8-17-14(10)9-16-11(2)12-3-5-13(15)6-4-12/h3-8,11,16H,9H2,1-2H3/t11-/m1/s1. The Hall–Kier alpha value is -1.19. The van der Waals surface area contributed by atoms with Gasteiger partial charge in [-0.2, -0.15) is 0 Å². The fourth-order valence-electron chi connectivity index (χ4n) is 1.70. The summed E-state index contributed by atoms with van der Waals surface area (Å²) in [6, 6.07) is 9.03. The van der Waals surface area contributed by atoms with E-state index in [1.54, 1.807) is 11.3 Å². The molecule has 0 saturated carbocycles. The molecule has 17 heavy (non-hydrogen) atoms. The third-order valence-corrected chi connectivity index (χ3v) is 3.93. The SMILES string of the molecule is Cc1ccsc1CN[C@H](C)c1ccc(F)cc1. The minimum absolute atomic E-state index is 0.185. The zero-order valence-corrected chi connectivity index (χ0v) is 10.9. The van der Waals surface area contributed by atoms with E-state index in [1.165, 1.54) is 22.6 Å². The number of benzene rings is 1. The van der Waals surface area contributed by atoms with Gasteiger partial charge in [0.25, 0.3) is 0 Å². The Balaban J connectivity index is 1.95. The van der Waals surface area contributed by atoms with Gasteiger partial charge in [-0.05, 0) is 48.6 Å². The Morgan fingerprint density at radius 2 is 1.94 bits per heavy atom. The van der Waals surface area contributed by atoms with Crippen LogP contribution in [0.25, 0.3) is 0 Å². The number of aryl methyl sites for hydroxylation is 1. The number of halogens is 1. The third kappa shape index (κ3) is 3.14. The average Bonchev–Trinajstić information content (AvgIpc) is 2.73. The molecule has 1 nitrogen and oxygen atoms in total. The van der Waals surface area contributed by atoms with Gasteiger partial charge < -0.3 is 5.32 Å². The number of thiophene rings is 1. The van der Waals surface area contributed by atoms with Gasteiger partial charge in [-0.15, -0.1) is 11.3 Å². The monoisotopic (exact) mass is 249 g/mol. The van der Waals surface area contributed by atoms with E-state index < -0.39 is 0 Å². The van der Waals surface area contributed by atoms with Crippen molar-refractivity contribution in [2.45, 2.75) is 26.4 Å². The largest absolute Gasteiger partial charge is 0.305 e. The van der Waals surface area contributed by atoms with Crippen LogP contribution in [-0.4, -0.2) is 0 Å². The van der Waals surface area contributed by atoms with Gasteiger partial charge in [-0.3, -0.25) is 0 Å². The quantitative estimate of drug-likeness (QED) is 0.862. The molecule has 0 spiro atoms. The topological polar surface area (TPSA) is 12.0 Å². The van der Waals surface area contributed by atoms with E-state index in [0.717, 1.165) is 12.1 Å². The van der Waals surface area contributed by atoms with Crippen LogP contribution in [0.2, 0.25) is 0 Å². The number of hydrogen-bond donors (Lipinski definition) is 1. The Morgan fingerprint density at radius 3 is 2.53 bits per heavy atom. The molecule has 1 atom stereocenters. The molecule has 2 rings (SSSR count). The maximum Gasteiger partial charge on any atom is 0.123 e. The summed E-state index contributed by atoms with van der Waals surface area (Å²) in [5.41, 5.74) is 2.44. The van der Waals surface area contributed by atoms with Crippen LogP contribution in [0.5, 0.6) is 0 Å². The second-order valence-corrected chi connectivity index (χ2v) is 5.18. The fourth-order valence-corrected chi connectivity index (χ4v) is 2.56. The predicted molar refractivity (Wildman–Crippen MR) is 70.7 cm³/mol. The van der Waals surface area contributed by atoms with Crippen molar-refractivity contribution >= 4 is 11.3 Å². The highest BCUT2D eigenvalue weighted by Gasteiger charge is 2.06. The summed E-state index contributed by atoms with van der Waals surface area (Å²) in [4.78, 5) is 1.36. The molecule has 1 aromatic heterocycles. The number of rotatable bonds is 4. The molecule has 0 aliphatic heterocycles. The summed E-state index contributed by atoms with van der Waals surface area (Å²) in [5.74, 6) is -0.185. The van der Waals surface area contributed by atoms with Crippen molar-refractivity contribution < 1.29 is 4.39 Å². The maximum atomic E-state index is 12.8. The Kier molecular flexibility index (Phi) is 3.92. The molecular formula is C14H16FNS. The minimum atomic E-state index is -0.185. The van der Waals surface area contributed by atoms with Gasteiger partial charge in [-0.25, -0.2) is 4.39 Å². The molecule has 0 bridgehead atoms. The Bertz CT molecular complexity index is 475. The molecule has 0 fully saturated rings. The van der Waals surface area contributed by atoms with Crippen LogP contribution < -0.4 is 5.32 Å². The van der Waals surface area contributed by atoms with Crippen molar-refractivity contribution in [3.63, 3.8) is 0 Å². The molecule has 1 N–H and O–H groups in total. The van der Waals surface area contributed by atoms with E-state index in [4.69, 9.17) is 0 Å². The van der Waals surface area contributed by atoms with Crippen molar-refractivity contribution in [3.8, 4) is 0 Å². The maximum absolute atomic E-state index is 12.8. The van der Waals surface area contributed by atoms with Gasteiger partial charge in [0.15, 0.2) is 0 Å². The summed E-state index contributed by atoms with van der Waals surface area (Å²) >= 11 is 1.77. The third-order valence-electron chi connectivity index (χ3n) is 2.91. The van der Waals surface area contributed by atoms with Gasteiger partial charge in [-0.1, -0.05) is 12.1 Å². The first-order valence-corrected chi connectivity index (χ1v) is 6.56. The van der Waals surface area contributed by atoms with Crippen molar-refractivity contribution in [2.75, 3.05) is 0 Å². The number of nitrogens with one attached hydrogen (secondary N) is 1. The lowest BCUT2D eigenvalue weighted by Gasteiger charge is -2.14. The van der Waals surface area contributed by atoms with Gasteiger partial charge >= 0.3 is 0 Å². The van der Waals surface area contributed by atoms with Crippen LogP contribution in [0.4, 0.5) is 4.39 Å². The Labute approximate surface area is 105 Å². The van der Waals surface area contributed by atoms with Crippen molar-refractivity contribution in [1.82, 2.24) is 5.32 Å². The predicted octanol–water partition coefficient (Wildman–Crippen LogP) is 4.05. The molecule has 3 heteroatoms. The minimum Gasteiger partial charge on any atom is -0.305 e. The summed E-state index contributed by atoms with van der Waals surface area (Å²) < 4.78 is 12.8. The molecule has 0 unspecified atom stereocenters. The molecule has 1 heterocycles. The smallest absolute Gasteiger partial charge is 0.123 e. The van der Waals surface area contributed by atoms with Gasteiger partial charge in [0.2, 0.25) is 0 Å². The van der Waals surface area contributed by atoms with E-state index in [2.05, 4.69) is 30.6 Å². The highest BCUT2D eigenvalue weighted by molar-refractivity contribution is 7.10. The first-order valence-electron chi connectivity index (χ1n) is 5.68. The lowest BCUT2D eigenvalue weighted by atomic mass is 10.1. The molecule has 1 aromatic carbocycles.